The van der Waals surface area contributed by atoms with E-state index in [2.05, 4.69) is 10.1 Å². The molecule has 3 rings (SSSR count). The minimum absolute atomic E-state index is 0.0913. The molecule has 4 nitrogen and oxygen atoms in total. The van der Waals surface area contributed by atoms with Crippen LogP contribution in [0.15, 0.2) is 24.3 Å². The van der Waals surface area contributed by atoms with Gasteiger partial charge in [-0.1, -0.05) is 25.0 Å². The second-order valence-corrected chi connectivity index (χ2v) is 5.55. The number of halogens is 2. The molecule has 6 heteroatoms. The van der Waals surface area contributed by atoms with Gasteiger partial charge < -0.3 is 9.64 Å². The van der Waals surface area contributed by atoms with Crippen LogP contribution in [0.5, 0.6) is 5.75 Å². The van der Waals surface area contributed by atoms with Gasteiger partial charge in [0.15, 0.2) is 0 Å². The highest BCUT2D eigenvalue weighted by Gasteiger charge is 2.33. The molecule has 1 aliphatic carbocycles. The van der Waals surface area contributed by atoms with Crippen molar-refractivity contribution >= 4 is 5.91 Å². The van der Waals surface area contributed by atoms with E-state index in [4.69, 9.17) is 0 Å². The van der Waals surface area contributed by atoms with Gasteiger partial charge >= 0.3 is 6.61 Å². The number of amides is 1. The minimum atomic E-state index is -2.82. The van der Waals surface area contributed by atoms with Gasteiger partial charge in [0, 0.05) is 6.54 Å². The van der Waals surface area contributed by atoms with Crippen molar-refractivity contribution in [2.45, 2.75) is 32.0 Å². The van der Waals surface area contributed by atoms with Crippen LogP contribution < -0.4 is 10.1 Å². The summed E-state index contributed by atoms with van der Waals surface area (Å²) in [4.78, 5) is 13.8. The lowest BCUT2D eigenvalue weighted by Crippen LogP contribution is -2.31. The molecule has 2 aliphatic rings. The van der Waals surface area contributed by atoms with E-state index in [0.717, 1.165) is 24.4 Å². The highest BCUT2D eigenvalue weighted by atomic mass is 19.3. The summed E-state index contributed by atoms with van der Waals surface area (Å²) in [6.07, 6.45) is 3.40. The van der Waals surface area contributed by atoms with Gasteiger partial charge in [0.25, 0.3) is 0 Å². The molecular weight excluding hydrogens is 278 g/mol. The standard InChI is InChI=1S/C15H18F2N2O2/c16-15(17)21-12-5-3-11(4-6-12)14-18-9-13(20)19(14)8-7-10-1-2-10/h3-6,10,14-15,18H,1-2,7-9H2. The predicted molar refractivity (Wildman–Crippen MR) is 72.9 cm³/mol. The van der Waals surface area contributed by atoms with Gasteiger partial charge in [-0.05, 0) is 30.0 Å². The van der Waals surface area contributed by atoms with Gasteiger partial charge in [0.1, 0.15) is 11.9 Å². The molecule has 1 amide bonds. The van der Waals surface area contributed by atoms with Crippen LogP contribution in [0, 0.1) is 5.92 Å². The fourth-order valence-corrected chi connectivity index (χ4v) is 2.65. The Morgan fingerprint density at radius 3 is 2.62 bits per heavy atom. The first kappa shape index (κ1) is 14.3. The zero-order valence-corrected chi connectivity index (χ0v) is 11.6. The Hall–Kier alpha value is -1.69. The molecule has 1 saturated heterocycles. The van der Waals surface area contributed by atoms with Crippen molar-refractivity contribution in [2.75, 3.05) is 13.1 Å². The summed E-state index contributed by atoms with van der Waals surface area (Å²) in [6, 6.07) is 6.45. The molecule has 0 bridgehead atoms. The maximum absolute atomic E-state index is 12.1. The van der Waals surface area contributed by atoms with Gasteiger partial charge in [-0.3, -0.25) is 10.1 Å². The van der Waals surface area contributed by atoms with Crippen LogP contribution >= 0.6 is 0 Å². The predicted octanol–water partition coefficient (Wildman–Crippen LogP) is 2.52. The van der Waals surface area contributed by atoms with Crippen LogP contribution in [0.3, 0.4) is 0 Å². The van der Waals surface area contributed by atoms with E-state index in [9.17, 15) is 13.6 Å². The van der Waals surface area contributed by atoms with Gasteiger partial charge in [-0.2, -0.15) is 8.78 Å². The molecule has 1 aromatic carbocycles. The average molecular weight is 296 g/mol. The number of hydrogen-bond acceptors (Lipinski definition) is 3. The van der Waals surface area contributed by atoms with Crippen molar-refractivity contribution in [1.82, 2.24) is 10.2 Å². The number of hydrogen-bond donors (Lipinski definition) is 1. The molecule has 1 N–H and O–H groups in total. The first-order chi connectivity index (χ1) is 10.1. The molecule has 114 valence electrons. The summed E-state index contributed by atoms with van der Waals surface area (Å²) in [5.41, 5.74) is 0.887. The van der Waals surface area contributed by atoms with Crippen molar-refractivity contribution in [3.63, 3.8) is 0 Å². The normalized spacial score (nSPS) is 22.1. The monoisotopic (exact) mass is 296 g/mol. The Kier molecular flexibility index (Phi) is 4.05. The molecule has 1 saturated carbocycles. The second-order valence-electron chi connectivity index (χ2n) is 5.55. The van der Waals surface area contributed by atoms with Gasteiger partial charge in [-0.25, -0.2) is 0 Å². The minimum Gasteiger partial charge on any atom is -0.435 e. The number of benzene rings is 1. The van der Waals surface area contributed by atoms with E-state index in [0.29, 0.717) is 6.54 Å². The van der Waals surface area contributed by atoms with Crippen LogP contribution in [0.2, 0.25) is 0 Å². The van der Waals surface area contributed by atoms with Crippen LogP contribution in [0.1, 0.15) is 31.0 Å². The lowest BCUT2D eigenvalue weighted by molar-refractivity contribution is -0.128. The molecule has 1 unspecified atom stereocenters. The van der Waals surface area contributed by atoms with Gasteiger partial charge in [0.2, 0.25) is 5.91 Å². The summed E-state index contributed by atoms with van der Waals surface area (Å²) in [6.45, 7) is -1.75. The van der Waals surface area contributed by atoms with E-state index in [1.54, 1.807) is 12.1 Å². The number of nitrogens with zero attached hydrogens (tertiary/aromatic N) is 1. The molecule has 1 aromatic rings. The maximum atomic E-state index is 12.1. The zero-order chi connectivity index (χ0) is 14.8. The number of carbonyl (C=O) groups excluding carboxylic acids is 1. The average Bonchev–Trinajstić information content (AvgIpc) is 3.20. The van der Waals surface area contributed by atoms with Crippen LogP contribution in [-0.2, 0) is 4.79 Å². The Morgan fingerprint density at radius 1 is 1.29 bits per heavy atom. The van der Waals surface area contributed by atoms with Gasteiger partial charge in [0.05, 0.1) is 6.54 Å². The van der Waals surface area contributed by atoms with E-state index < -0.39 is 6.61 Å². The number of ether oxygens (including phenoxy) is 1. The summed E-state index contributed by atoms with van der Waals surface area (Å²) in [7, 11) is 0. The zero-order valence-electron chi connectivity index (χ0n) is 11.6. The third-order valence-electron chi connectivity index (χ3n) is 3.97. The smallest absolute Gasteiger partial charge is 0.387 e. The van der Waals surface area contributed by atoms with Gasteiger partial charge in [-0.15, -0.1) is 0 Å². The molecule has 1 aliphatic heterocycles. The Labute approximate surface area is 122 Å². The Bertz CT molecular complexity index is 503. The van der Waals surface area contributed by atoms with Crippen molar-refractivity contribution in [2.24, 2.45) is 5.92 Å². The van der Waals surface area contributed by atoms with Crippen molar-refractivity contribution in [1.29, 1.82) is 0 Å². The third kappa shape index (κ3) is 3.50. The molecule has 0 spiro atoms. The van der Waals surface area contributed by atoms with Crippen LogP contribution in [0.25, 0.3) is 0 Å². The fourth-order valence-electron chi connectivity index (χ4n) is 2.65. The van der Waals surface area contributed by atoms with E-state index in [1.165, 1.54) is 25.0 Å². The van der Waals surface area contributed by atoms with Crippen LogP contribution in [-0.4, -0.2) is 30.5 Å². The molecule has 0 aromatic heterocycles. The lowest BCUT2D eigenvalue weighted by Gasteiger charge is -2.24. The highest BCUT2D eigenvalue weighted by Crippen LogP contribution is 2.34. The second kappa shape index (κ2) is 5.97. The number of carbonyl (C=O) groups is 1. The van der Waals surface area contributed by atoms with Crippen molar-refractivity contribution in [3.8, 4) is 5.75 Å². The first-order valence-electron chi connectivity index (χ1n) is 7.21. The number of nitrogens with one attached hydrogen (secondary N) is 1. The quantitative estimate of drug-likeness (QED) is 0.877. The molecule has 1 heterocycles. The first-order valence-corrected chi connectivity index (χ1v) is 7.21. The summed E-state index contributed by atoms with van der Waals surface area (Å²) in [5, 5.41) is 3.16. The number of alkyl halides is 2. The Morgan fingerprint density at radius 2 is 2.00 bits per heavy atom. The summed E-state index contributed by atoms with van der Waals surface area (Å²) >= 11 is 0. The maximum Gasteiger partial charge on any atom is 0.387 e. The van der Waals surface area contributed by atoms with E-state index in [-0.39, 0.29) is 17.8 Å². The van der Waals surface area contributed by atoms with Crippen LogP contribution in [0.4, 0.5) is 8.78 Å². The molecule has 21 heavy (non-hydrogen) atoms. The van der Waals surface area contributed by atoms with Crippen molar-refractivity contribution in [3.05, 3.63) is 29.8 Å². The fraction of sp³-hybridized carbons (Fsp3) is 0.533. The van der Waals surface area contributed by atoms with E-state index >= 15 is 0 Å². The highest BCUT2D eigenvalue weighted by molar-refractivity contribution is 5.80. The SMILES string of the molecule is O=C1CNC(c2ccc(OC(F)F)cc2)N1CCC1CC1. The molecule has 2 fully saturated rings. The largest absolute Gasteiger partial charge is 0.435 e. The Balaban J connectivity index is 1.66. The topological polar surface area (TPSA) is 41.6 Å². The summed E-state index contributed by atoms with van der Waals surface area (Å²) < 4.78 is 28.6. The number of rotatable bonds is 6. The molecular formula is C15H18F2N2O2. The lowest BCUT2D eigenvalue weighted by atomic mass is 10.1. The van der Waals surface area contributed by atoms with E-state index in [1.807, 2.05) is 4.90 Å². The molecule has 1 atom stereocenters. The molecule has 0 radical (unpaired) electrons. The summed E-state index contributed by atoms with van der Waals surface area (Å²) in [5.74, 6) is 0.983. The van der Waals surface area contributed by atoms with Crippen molar-refractivity contribution < 1.29 is 18.3 Å². The third-order valence-corrected chi connectivity index (χ3v) is 3.97.